The Balaban J connectivity index is 1.39. The average molecular weight is 471 g/mol. The molecule has 11 nitrogen and oxygen atoms in total. The van der Waals surface area contributed by atoms with Gasteiger partial charge in [0.05, 0.1) is 31.2 Å². The zero-order valence-electron chi connectivity index (χ0n) is 18.0. The molecule has 172 valence electrons. The summed E-state index contributed by atoms with van der Waals surface area (Å²) in [5, 5.41) is 8.28. The summed E-state index contributed by atoms with van der Waals surface area (Å²) in [6, 6.07) is 10.7. The number of ether oxygens (including phenoxy) is 2. The van der Waals surface area contributed by atoms with Crippen molar-refractivity contribution in [1.29, 1.82) is 0 Å². The van der Waals surface area contributed by atoms with Crippen LogP contribution in [-0.4, -0.2) is 52.6 Å². The molecule has 0 unspecified atom stereocenters. The maximum Gasteiger partial charge on any atom is 0.264 e. The van der Waals surface area contributed by atoms with Crippen LogP contribution >= 0.6 is 0 Å². The maximum absolute atomic E-state index is 10.9. The predicted octanol–water partition coefficient (Wildman–Crippen LogP) is 3.04. The number of pyridine rings is 1. The minimum absolute atomic E-state index is 0.0658. The predicted molar refractivity (Wildman–Crippen MR) is 121 cm³/mol. The molecule has 4 rings (SSSR count). The number of aromatic nitrogens is 5. The Kier molecular flexibility index (Phi) is 6.66. The number of hydrogen-bond donors (Lipinski definition) is 1. The highest BCUT2D eigenvalue weighted by Crippen LogP contribution is 2.28. The molecule has 0 spiro atoms. The molecular weight excluding hydrogens is 448 g/mol. The van der Waals surface area contributed by atoms with Crippen molar-refractivity contribution in [1.82, 2.24) is 24.7 Å². The van der Waals surface area contributed by atoms with Gasteiger partial charge in [-0.25, -0.2) is 15.0 Å². The first-order valence-electron chi connectivity index (χ1n) is 9.98. The van der Waals surface area contributed by atoms with Gasteiger partial charge in [-0.1, -0.05) is 0 Å². The number of nitrogens with zero attached hydrogens (tertiary/aromatic N) is 5. The van der Waals surface area contributed by atoms with E-state index in [1.165, 1.54) is 12.5 Å². The van der Waals surface area contributed by atoms with Crippen molar-refractivity contribution in [3.8, 4) is 17.4 Å². The van der Waals surface area contributed by atoms with E-state index in [1.54, 1.807) is 22.9 Å². The summed E-state index contributed by atoms with van der Waals surface area (Å²) >= 11 is 0. The van der Waals surface area contributed by atoms with Gasteiger partial charge in [0.1, 0.15) is 23.6 Å². The van der Waals surface area contributed by atoms with Crippen LogP contribution in [0.2, 0.25) is 0 Å². The summed E-state index contributed by atoms with van der Waals surface area (Å²) in [6.07, 6.45) is 6.30. The molecule has 0 radical (unpaired) electrons. The fraction of sp³-hybridized carbons (Fsp3) is 0.238. The van der Waals surface area contributed by atoms with Crippen molar-refractivity contribution in [2.24, 2.45) is 7.05 Å². The maximum atomic E-state index is 10.9. The van der Waals surface area contributed by atoms with Gasteiger partial charge in [0.15, 0.2) is 5.82 Å². The van der Waals surface area contributed by atoms with Crippen LogP contribution in [0.15, 0.2) is 55.1 Å². The van der Waals surface area contributed by atoms with Gasteiger partial charge in [-0.15, -0.1) is 0 Å². The Hall–Kier alpha value is -3.77. The summed E-state index contributed by atoms with van der Waals surface area (Å²) in [5.41, 5.74) is 0.757. The van der Waals surface area contributed by atoms with E-state index in [0.29, 0.717) is 42.0 Å². The van der Waals surface area contributed by atoms with Crippen molar-refractivity contribution < 1.29 is 22.1 Å². The van der Waals surface area contributed by atoms with Gasteiger partial charge in [-0.3, -0.25) is 8.86 Å². The van der Waals surface area contributed by atoms with Crippen LogP contribution in [0.3, 0.4) is 0 Å². The normalized spacial score (nSPS) is 11.5. The second kappa shape index (κ2) is 9.79. The monoisotopic (exact) mass is 470 g/mol. The minimum atomic E-state index is -3.44. The Morgan fingerprint density at radius 1 is 1.03 bits per heavy atom. The summed E-state index contributed by atoms with van der Waals surface area (Å²) in [7, 11) is -1.60. The zero-order valence-corrected chi connectivity index (χ0v) is 18.8. The molecule has 0 saturated heterocycles. The summed E-state index contributed by atoms with van der Waals surface area (Å²) < 4.78 is 39.6. The van der Waals surface area contributed by atoms with Crippen LogP contribution in [-0.2, 0) is 21.3 Å². The van der Waals surface area contributed by atoms with Crippen molar-refractivity contribution in [2.75, 3.05) is 24.8 Å². The second-order valence-electron chi connectivity index (χ2n) is 7.06. The lowest BCUT2D eigenvalue weighted by Gasteiger charge is -2.10. The van der Waals surface area contributed by atoms with Crippen molar-refractivity contribution >= 4 is 32.7 Å². The van der Waals surface area contributed by atoms with E-state index in [2.05, 4.69) is 29.6 Å². The molecule has 0 amide bonds. The van der Waals surface area contributed by atoms with Crippen molar-refractivity contribution in [3.63, 3.8) is 0 Å². The van der Waals surface area contributed by atoms with E-state index in [4.69, 9.17) is 9.47 Å². The van der Waals surface area contributed by atoms with Crippen LogP contribution in [0.4, 0.5) is 11.6 Å². The lowest BCUT2D eigenvalue weighted by molar-refractivity contribution is 0.251. The first-order valence-corrected chi connectivity index (χ1v) is 11.8. The van der Waals surface area contributed by atoms with E-state index >= 15 is 0 Å². The summed E-state index contributed by atoms with van der Waals surface area (Å²) in [4.78, 5) is 12.9. The van der Waals surface area contributed by atoms with Crippen LogP contribution < -0.4 is 14.8 Å². The first kappa shape index (κ1) is 22.4. The fourth-order valence-corrected chi connectivity index (χ4v) is 3.31. The van der Waals surface area contributed by atoms with E-state index in [0.717, 1.165) is 17.2 Å². The number of rotatable bonds is 10. The molecular formula is C21H22N6O5S. The topological polar surface area (TPSA) is 130 Å². The minimum Gasteiger partial charge on any atom is -0.492 e. The molecule has 0 bridgehead atoms. The van der Waals surface area contributed by atoms with Gasteiger partial charge in [0.2, 0.25) is 5.88 Å². The van der Waals surface area contributed by atoms with Gasteiger partial charge in [-0.05, 0) is 24.3 Å². The molecule has 0 aliphatic heterocycles. The fourth-order valence-electron chi connectivity index (χ4n) is 2.89. The quantitative estimate of drug-likeness (QED) is 0.272. The second-order valence-corrected chi connectivity index (χ2v) is 8.71. The molecule has 3 aromatic heterocycles. The lowest BCUT2D eigenvalue weighted by Crippen LogP contribution is -2.07. The van der Waals surface area contributed by atoms with E-state index < -0.39 is 10.1 Å². The van der Waals surface area contributed by atoms with Gasteiger partial charge in [-0.2, -0.15) is 13.5 Å². The molecule has 0 fully saturated rings. The molecule has 0 saturated carbocycles. The Bertz CT molecular complexity index is 1340. The molecule has 4 aromatic rings. The summed E-state index contributed by atoms with van der Waals surface area (Å²) in [5.74, 6) is 2.78. The highest BCUT2D eigenvalue weighted by molar-refractivity contribution is 7.85. The molecule has 0 aliphatic rings. The Morgan fingerprint density at radius 2 is 1.88 bits per heavy atom. The highest BCUT2D eigenvalue weighted by Gasteiger charge is 2.09. The first-order chi connectivity index (χ1) is 15.9. The Labute approximate surface area is 190 Å². The zero-order chi connectivity index (χ0) is 23.3. The Morgan fingerprint density at radius 3 is 2.61 bits per heavy atom. The van der Waals surface area contributed by atoms with Crippen LogP contribution in [0.25, 0.3) is 10.9 Å². The molecule has 1 aromatic carbocycles. The molecule has 3 heterocycles. The SMILES string of the molecule is Cn1ccc(Nc2ncnc3ccc(Oc4ccc(OCCCOS(C)(=O)=O)cn4)cc23)n1. The molecule has 33 heavy (non-hydrogen) atoms. The number of benzene rings is 1. The van der Waals surface area contributed by atoms with E-state index in [9.17, 15) is 8.42 Å². The van der Waals surface area contributed by atoms with Crippen molar-refractivity contribution in [3.05, 3.63) is 55.1 Å². The van der Waals surface area contributed by atoms with E-state index in [-0.39, 0.29) is 6.61 Å². The van der Waals surface area contributed by atoms with Crippen LogP contribution in [0, 0.1) is 0 Å². The summed E-state index contributed by atoms with van der Waals surface area (Å²) in [6.45, 7) is 0.366. The van der Waals surface area contributed by atoms with E-state index in [1.807, 2.05) is 31.4 Å². The number of nitrogens with one attached hydrogen (secondary N) is 1. The third-order valence-corrected chi connectivity index (χ3v) is 4.95. The molecule has 0 atom stereocenters. The standard InChI is InChI=1S/C21H22N6O5S/c1-27-9-8-19(26-27)25-21-17-12-15(4-6-18(17)23-14-24-21)32-20-7-5-16(13-22-20)30-10-3-11-31-33(2,28)29/h4-9,12-14H,3,10-11H2,1-2H3,(H,23,24,25,26). The largest absolute Gasteiger partial charge is 0.492 e. The number of anilines is 2. The van der Waals surface area contributed by atoms with Gasteiger partial charge < -0.3 is 14.8 Å². The van der Waals surface area contributed by atoms with Crippen molar-refractivity contribution in [2.45, 2.75) is 6.42 Å². The van der Waals surface area contributed by atoms with Gasteiger partial charge in [0.25, 0.3) is 10.1 Å². The average Bonchev–Trinajstić information content (AvgIpc) is 3.19. The third-order valence-electron chi connectivity index (χ3n) is 4.35. The smallest absolute Gasteiger partial charge is 0.264 e. The molecule has 0 aliphatic carbocycles. The highest BCUT2D eigenvalue weighted by atomic mass is 32.2. The van der Waals surface area contributed by atoms with Gasteiger partial charge >= 0.3 is 0 Å². The number of fused-ring (bicyclic) bond motifs is 1. The van der Waals surface area contributed by atoms with Crippen LogP contribution in [0.1, 0.15) is 6.42 Å². The van der Waals surface area contributed by atoms with Crippen LogP contribution in [0.5, 0.6) is 17.4 Å². The third kappa shape index (κ3) is 6.37. The lowest BCUT2D eigenvalue weighted by atomic mass is 10.2. The number of hydrogen-bond acceptors (Lipinski definition) is 10. The molecule has 1 N–H and O–H groups in total. The number of aryl methyl sites for hydroxylation is 1. The van der Waals surface area contributed by atoms with Gasteiger partial charge in [0, 0.05) is 37.2 Å². The molecule has 12 heteroatoms.